The molecule has 0 N–H and O–H groups in total. The Balaban J connectivity index is 1.80. The number of carbonyl (C=O) groups excluding carboxylic acids is 1. The van der Waals surface area contributed by atoms with Gasteiger partial charge in [-0.05, 0) is 38.1 Å². The van der Waals surface area contributed by atoms with Gasteiger partial charge in [-0.2, -0.15) is 0 Å². The zero-order chi connectivity index (χ0) is 18.8. The van der Waals surface area contributed by atoms with Crippen LogP contribution in [-0.2, 0) is 11.3 Å². The molecule has 0 saturated heterocycles. The molecule has 26 heavy (non-hydrogen) atoms. The Bertz CT molecular complexity index is 1090. The van der Waals surface area contributed by atoms with Crippen LogP contribution in [0.3, 0.4) is 0 Å². The minimum atomic E-state index is -0.644. The van der Waals surface area contributed by atoms with Crippen molar-refractivity contribution in [3.8, 4) is 0 Å². The van der Waals surface area contributed by atoms with Crippen molar-refractivity contribution in [1.29, 1.82) is 0 Å². The number of benzene rings is 1. The van der Waals surface area contributed by atoms with Crippen molar-refractivity contribution in [3.63, 3.8) is 0 Å². The number of pyridine rings is 1. The van der Waals surface area contributed by atoms with E-state index in [1.807, 2.05) is 0 Å². The molecule has 2 heterocycles. The lowest BCUT2D eigenvalue weighted by Gasteiger charge is -2.08. The van der Waals surface area contributed by atoms with Gasteiger partial charge in [0.2, 0.25) is 0 Å². The van der Waals surface area contributed by atoms with Gasteiger partial charge in [0.1, 0.15) is 12.3 Å². The fourth-order valence-electron chi connectivity index (χ4n) is 2.65. The molecule has 3 rings (SSSR count). The van der Waals surface area contributed by atoms with E-state index < -0.39 is 10.9 Å². The van der Waals surface area contributed by atoms with Crippen molar-refractivity contribution in [3.05, 3.63) is 85.4 Å². The molecule has 3 aromatic rings. The second-order valence-corrected chi connectivity index (χ2v) is 5.78. The first-order chi connectivity index (χ1) is 12.4. The molecule has 8 heteroatoms. The lowest BCUT2D eigenvalue weighted by atomic mass is 10.1. The van der Waals surface area contributed by atoms with E-state index in [9.17, 15) is 19.7 Å². The van der Waals surface area contributed by atoms with Crippen LogP contribution in [0.25, 0.3) is 5.65 Å². The summed E-state index contributed by atoms with van der Waals surface area (Å²) in [6.07, 6.45) is 0. The number of rotatable bonds is 4. The number of nitrogens with zero attached hydrogens (tertiary/aromatic N) is 3. The molecule has 2 aromatic heterocycles. The zero-order valence-electron chi connectivity index (χ0n) is 14.1. The van der Waals surface area contributed by atoms with Crippen molar-refractivity contribution in [2.75, 3.05) is 0 Å². The van der Waals surface area contributed by atoms with Crippen molar-refractivity contribution < 1.29 is 14.5 Å². The molecule has 0 amide bonds. The van der Waals surface area contributed by atoms with E-state index in [0.29, 0.717) is 16.9 Å². The predicted molar refractivity (Wildman–Crippen MR) is 93.2 cm³/mol. The number of nitro groups is 1. The number of hydrogen-bond acceptors (Lipinski definition) is 6. The smallest absolute Gasteiger partial charge is 0.338 e. The molecule has 0 aliphatic rings. The summed E-state index contributed by atoms with van der Waals surface area (Å²) in [7, 11) is 0. The Morgan fingerprint density at radius 3 is 2.69 bits per heavy atom. The minimum absolute atomic E-state index is 0.0684. The first kappa shape index (κ1) is 17.3. The van der Waals surface area contributed by atoms with E-state index in [4.69, 9.17) is 4.74 Å². The van der Waals surface area contributed by atoms with Gasteiger partial charge in [0.05, 0.1) is 16.2 Å². The molecule has 8 nitrogen and oxygen atoms in total. The minimum Gasteiger partial charge on any atom is -0.456 e. The standard InChI is InChI=1S/C18H15N3O5/c1-11-8-13(6-7-15(11)21(24)25)18(23)26-10-14-9-17(22)20-12(2)4-3-5-16(20)19-14/h3-9H,10H2,1-2H3. The van der Waals surface area contributed by atoms with Gasteiger partial charge in [-0.1, -0.05) is 6.07 Å². The molecule has 0 saturated carbocycles. The Kier molecular flexibility index (Phi) is 4.49. The highest BCUT2D eigenvalue weighted by molar-refractivity contribution is 5.90. The lowest BCUT2D eigenvalue weighted by molar-refractivity contribution is -0.385. The molecule has 0 unspecified atom stereocenters. The molecule has 0 bridgehead atoms. The van der Waals surface area contributed by atoms with Gasteiger partial charge in [0.25, 0.3) is 11.2 Å². The number of aromatic nitrogens is 2. The fraction of sp³-hybridized carbons (Fsp3) is 0.167. The molecule has 0 spiro atoms. The number of ether oxygens (including phenoxy) is 1. The summed E-state index contributed by atoms with van der Waals surface area (Å²) in [6, 6.07) is 10.6. The number of esters is 1. The maximum Gasteiger partial charge on any atom is 0.338 e. The summed E-state index contributed by atoms with van der Waals surface area (Å²) in [5, 5.41) is 10.8. The number of fused-ring (bicyclic) bond motifs is 1. The molecule has 0 aliphatic carbocycles. The van der Waals surface area contributed by atoms with E-state index in [1.54, 1.807) is 32.0 Å². The summed E-state index contributed by atoms with van der Waals surface area (Å²) in [4.78, 5) is 39.0. The zero-order valence-corrected chi connectivity index (χ0v) is 14.1. The Morgan fingerprint density at radius 1 is 1.23 bits per heavy atom. The van der Waals surface area contributed by atoms with E-state index in [1.165, 1.54) is 28.7 Å². The van der Waals surface area contributed by atoms with Crippen molar-refractivity contribution in [2.45, 2.75) is 20.5 Å². The third-order valence-electron chi connectivity index (χ3n) is 3.91. The summed E-state index contributed by atoms with van der Waals surface area (Å²) in [5.74, 6) is -0.644. The Labute approximate surface area is 147 Å². The third kappa shape index (κ3) is 3.30. The van der Waals surface area contributed by atoms with Gasteiger partial charge in [-0.25, -0.2) is 9.78 Å². The molecular formula is C18H15N3O5. The molecule has 0 atom stereocenters. The number of aryl methyl sites for hydroxylation is 2. The number of carbonyl (C=O) groups is 1. The summed E-state index contributed by atoms with van der Waals surface area (Å²) in [5.41, 5.74) is 1.78. The monoisotopic (exact) mass is 353 g/mol. The topological polar surface area (TPSA) is 104 Å². The van der Waals surface area contributed by atoms with Gasteiger partial charge < -0.3 is 4.74 Å². The third-order valence-corrected chi connectivity index (χ3v) is 3.91. The first-order valence-corrected chi connectivity index (χ1v) is 7.77. The first-order valence-electron chi connectivity index (χ1n) is 7.77. The van der Waals surface area contributed by atoms with Gasteiger partial charge in [0.15, 0.2) is 0 Å². The molecule has 0 fully saturated rings. The summed E-state index contributed by atoms with van der Waals surface area (Å²) in [6.45, 7) is 3.17. The van der Waals surface area contributed by atoms with Crippen LogP contribution < -0.4 is 5.56 Å². The maximum absolute atomic E-state index is 12.2. The van der Waals surface area contributed by atoms with Crippen molar-refractivity contribution >= 4 is 17.3 Å². The van der Waals surface area contributed by atoms with Crippen molar-refractivity contribution in [1.82, 2.24) is 9.38 Å². The highest BCUT2D eigenvalue weighted by Crippen LogP contribution is 2.19. The number of hydrogen-bond donors (Lipinski definition) is 0. The van der Waals surface area contributed by atoms with E-state index in [2.05, 4.69) is 4.98 Å². The maximum atomic E-state index is 12.2. The highest BCUT2D eigenvalue weighted by Gasteiger charge is 2.15. The molecule has 0 radical (unpaired) electrons. The van der Waals surface area contributed by atoms with Gasteiger partial charge >= 0.3 is 5.97 Å². The summed E-state index contributed by atoms with van der Waals surface area (Å²) >= 11 is 0. The molecule has 0 aliphatic heterocycles. The fourth-order valence-corrected chi connectivity index (χ4v) is 2.65. The van der Waals surface area contributed by atoms with E-state index in [0.717, 1.165) is 5.69 Å². The van der Waals surface area contributed by atoms with Gasteiger partial charge in [-0.3, -0.25) is 19.3 Å². The highest BCUT2D eigenvalue weighted by atomic mass is 16.6. The lowest BCUT2D eigenvalue weighted by Crippen LogP contribution is -2.18. The second kappa shape index (κ2) is 6.75. The van der Waals surface area contributed by atoms with Crippen molar-refractivity contribution in [2.24, 2.45) is 0 Å². The number of nitro benzene ring substituents is 1. The summed E-state index contributed by atoms with van der Waals surface area (Å²) < 4.78 is 6.65. The van der Waals surface area contributed by atoms with Crippen LogP contribution in [0.4, 0.5) is 5.69 Å². The van der Waals surface area contributed by atoms with Crippen LogP contribution in [0.5, 0.6) is 0 Å². The van der Waals surface area contributed by atoms with Crippen LogP contribution in [-0.4, -0.2) is 20.3 Å². The van der Waals surface area contributed by atoms with Gasteiger partial charge in [-0.15, -0.1) is 0 Å². The van der Waals surface area contributed by atoms with Crippen LogP contribution in [0, 0.1) is 24.0 Å². The van der Waals surface area contributed by atoms with E-state index in [-0.39, 0.29) is 23.4 Å². The largest absolute Gasteiger partial charge is 0.456 e. The predicted octanol–water partition coefficient (Wildman–Crippen LogP) is 2.58. The normalized spacial score (nSPS) is 10.7. The quantitative estimate of drug-likeness (QED) is 0.406. The Morgan fingerprint density at radius 2 is 2.00 bits per heavy atom. The molecule has 132 valence electrons. The second-order valence-electron chi connectivity index (χ2n) is 5.78. The van der Waals surface area contributed by atoms with Crippen LogP contribution >= 0.6 is 0 Å². The average Bonchev–Trinajstić information content (AvgIpc) is 2.59. The molecular weight excluding hydrogens is 338 g/mol. The van der Waals surface area contributed by atoms with Crippen LogP contribution in [0.15, 0.2) is 47.3 Å². The van der Waals surface area contributed by atoms with E-state index >= 15 is 0 Å². The SMILES string of the molecule is Cc1cc(C(=O)OCc2cc(=O)n3c(C)cccc3n2)ccc1[N+](=O)[O-]. The average molecular weight is 353 g/mol. The molecule has 1 aromatic carbocycles. The Hall–Kier alpha value is -3.55. The van der Waals surface area contributed by atoms with Crippen LogP contribution in [0.2, 0.25) is 0 Å². The van der Waals surface area contributed by atoms with Gasteiger partial charge in [0, 0.05) is 23.4 Å². The van der Waals surface area contributed by atoms with Crippen LogP contribution in [0.1, 0.15) is 27.3 Å².